The Hall–Kier alpha value is -3.17. The van der Waals surface area contributed by atoms with Crippen molar-refractivity contribution in [1.82, 2.24) is 24.6 Å². The summed E-state index contributed by atoms with van der Waals surface area (Å²) in [5, 5.41) is 7.03. The average molecular weight is 449 g/mol. The van der Waals surface area contributed by atoms with Gasteiger partial charge in [0.2, 0.25) is 5.91 Å². The molecule has 0 spiro atoms. The van der Waals surface area contributed by atoms with Gasteiger partial charge in [-0.15, -0.1) is 0 Å². The molecule has 0 bridgehead atoms. The van der Waals surface area contributed by atoms with E-state index in [0.717, 1.165) is 36.0 Å². The van der Waals surface area contributed by atoms with Gasteiger partial charge in [-0.2, -0.15) is 18.3 Å². The number of fused-ring (bicyclic) bond motifs is 1. The van der Waals surface area contributed by atoms with Crippen molar-refractivity contribution < 1.29 is 18.0 Å². The molecule has 3 aromatic rings. The first kappa shape index (κ1) is 23.5. The summed E-state index contributed by atoms with van der Waals surface area (Å²) in [5.74, 6) is 0.293. The van der Waals surface area contributed by atoms with Gasteiger partial charge < -0.3 is 5.32 Å². The summed E-state index contributed by atoms with van der Waals surface area (Å²) < 4.78 is 41.4. The zero-order valence-electron chi connectivity index (χ0n) is 18.2. The van der Waals surface area contributed by atoms with Crippen molar-refractivity contribution in [3.8, 4) is 5.69 Å². The molecular formula is C22H26F3N5O2. The fourth-order valence-corrected chi connectivity index (χ4v) is 3.44. The molecule has 7 nitrogen and oxygen atoms in total. The number of alkyl halides is 3. The molecule has 2 heterocycles. The molecule has 1 atom stereocenters. The van der Waals surface area contributed by atoms with Crippen LogP contribution in [0.5, 0.6) is 0 Å². The smallest absolute Gasteiger partial charge is 0.352 e. The first-order valence-corrected chi connectivity index (χ1v) is 10.5. The number of nitrogens with zero attached hydrogens (tertiary/aromatic N) is 4. The molecule has 32 heavy (non-hydrogen) atoms. The number of hydrogen-bond donors (Lipinski definition) is 1. The Morgan fingerprint density at radius 3 is 2.62 bits per heavy atom. The van der Waals surface area contributed by atoms with E-state index in [1.807, 2.05) is 6.92 Å². The molecule has 1 N–H and O–H groups in total. The third-order valence-corrected chi connectivity index (χ3v) is 5.11. The van der Waals surface area contributed by atoms with Gasteiger partial charge >= 0.3 is 6.18 Å². The second-order valence-corrected chi connectivity index (χ2v) is 8.31. The van der Waals surface area contributed by atoms with Crippen LogP contribution in [0.25, 0.3) is 16.7 Å². The van der Waals surface area contributed by atoms with Crippen LogP contribution < -0.4 is 10.9 Å². The van der Waals surface area contributed by atoms with E-state index in [1.54, 1.807) is 0 Å². The normalized spacial score (nSPS) is 13.0. The summed E-state index contributed by atoms with van der Waals surface area (Å²) in [6, 6.07) is 4.59. The molecule has 0 aliphatic heterocycles. The molecule has 0 aliphatic rings. The molecule has 0 aliphatic carbocycles. The maximum atomic E-state index is 13.0. The highest BCUT2D eigenvalue weighted by Crippen LogP contribution is 2.30. The van der Waals surface area contributed by atoms with Gasteiger partial charge in [0.05, 0.1) is 17.4 Å². The molecule has 10 heteroatoms. The van der Waals surface area contributed by atoms with Crippen molar-refractivity contribution in [1.29, 1.82) is 0 Å². The predicted octanol–water partition coefficient (Wildman–Crippen LogP) is 3.93. The van der Waals surface area contributed by atoms with E-state index in [-0.39, 0.29) is 35.2 Å². The molecule has 0 saturated heterocycles. The van der Waals surface area contributed by atoms with Crippen LogP contribution in [0.4, 0.5) is 13.2 Å². The number of halogens is 3. The van der Waals surface area contributed by atoms with E-state index in [1.165, 1.54) is 29.3 Å². The number of carbonyl (C=O) groups is 1. The molecule has 1 unspecified atom stereocenters. The predicted molar refractivity (Wildman–Crippen MR) is 114 cm³/mol. The van der Waals surface area contributed by atoms with Gasteiger partial charge in [0, 0.05) is 6.04 Å². The topological polar surface area (TPSA) is 81.8 Å². The van der Waals surface area contributed by atoms with E-state index in [9.17, 15) is 22.8 Å². The van der Waals surface area contributed by atoms with E-state index in [2.05, 4.69) is 29.2 Å². The number of carbonyl (C=O) groups excluding carboxylic acids is 1. The van der Waals surface area contributed by atoms with E-state index < -0.39 is 17.3 Å². The Bertz CT molecular complexity index is 1150. The number of hydrogen-bond acceptors (Lipinski definition) is 4. The van der Waals surface area contributed by atoms with Gasteiger partial charge in [-0.05, 0) is 37.5 Å². The number of amides is 1. The fourth-order valence-electron chi connectivity index (χ4n) is 3.44. The fraction of sp³-hybridized carbons (Fsp3) is 0.455. The van der Waals surface area contributed by atoms with Crippen molar-refractivity contribution in [2.24, 2.45) is 5.92 Å². The maximum Gasteiger partial charge on any atom is 0.416 e. The van der Waals surface area contributed by atoms with Crippen LogP contribution in [0.1, 0.15) is 45.6 Å². The summed E-state index contributed by atoms with van der Waals surface area (Å²) in [7, 11) is 0. The molecule has 172 valence electrons. The first-order chi connectivity index (χ1) is 15.1. The van der Waals surface area contributed by atoms with Crippen molar-refractivity contribution in [3.63, 3.8) is 0 Å². The van der Waals surface area contributed by atoms with Crippen LogP contribution in [0.3, 0.4) is 0 Å². The summed E-state index contributed by atoms with van der Waals surface area (Å²) in [4.78, 5) is 29.3. The van der Waals surface area contributed by atoms with E-state index >= 15 is 0 Å². The summed E-state index contributed by atoms with van der Waals surface area (Å²) in [6.45, 7) is 6.01. The molecule has 0 fully saturated rings. The Morgan fingerprint density at radius 1 is 1.19 bits per heavy atom. The van der Waals surface area contributed by atoms with E-state index in [0.29, 0.717) is 5.92 Å². The van der Waals surface area contributed by atoms with Gasteiger partial charge in [-0.25, -0.2) is 9.67 Å². The Morgan fingerprint density at radius 2 is 1.94 bits per heavy atom. The Kier molecular flexibility index (Phi) is 7.00. The monoisotopic (exact) mass is 449 g/mol. The van der Waals surface area contributed by atoms with Crippen LogP contribution in [-0.2, 0) is 17.5 Å². The lowest BCUT2D eigenvalue weighted by Crippen LogP contribution is -2.37. The highest BCUT2D eigenvalue weighted by molar-refractivity contribution is 5.78. The minimum atomic E-state index is -4.50. The second kappa shape index (κ2) is 9.54. The van der Waals surface area contributed by atoms with Gasteiger partial charge in [0.25, 0.3) is 5.56 Å². The van der Waals surface area contributed by atoms with Crippen molar-refractivity contribution >= 4 is 16.9 Å². The Labute approximate surface area is 183 Å². The summed E-state index contributed by atoms with van der Waals surface area (Å²) in [6.07, 6.45) is 0.878. The first-order valence-electron chi connectivity index (χ1n) is 10.5. The molecule has 3 rings (SSSR count). The van der Waals surface area contributed by atoms with Gasteiger partial charge in [0.15, 0.2) is 5.65 Å². The maximum absolute atomic E-state index is 13.0. The molecule has 1 aromatic carbocycles. The highest BCUT2D eigenvalue weighted by Gasteiger charge is 2.30. The van der Waals surface area contributed by atoms with Crippen LogP contribution in [-0.4, -0.2) is 31.3 Å². The van der Waals surface area contributed by atoms with Crippen molar-refractivity contribution in [2.45, 2.75) is 58.8 Å². The summed E-state index contributed by atoms with van der Waals surface area (Å²) in [5.41, 5.74) is -1.07. The van der Waals surface area contributed by atoms with E-state index in [4.69, 9.17) is 0 Å². The minimum Gasteiger partial charge on any atom is -0.352 e. The Balaban J connectivity index is 1.77. The van der Waals surface area contributed by atoms with Crippen molar-refractivity contribution in [2.75, 3.05) is 0 Å². The number of nitrogens with one attached hydrogen (secondary N) is 1. The van der Waals surface area contributed by atoms with Gasteiger partial charge in [-0.1, -0.05) is 32.8 Å². The van der Waals surface area contributed by atoms with Gasteiger partial charge in [-0.3, -0.25) is 14.2 Å². The standard InChI is InChI=1S/C22H26F3N5O2/c1-14(2)6-4-7-15(3)28-19(31)12-29-13-26-20-18(21(29)32)11-27-30(20)17-9-5-8-16(10-17)22(23,24)25/h5,8-11,13-15H,4,6-7,12H2,1-3H3,(H,28,31). The van der Waals surface area contributed by atoms with Crippen LogP contribution in [0.15, 0.2) is 41.6 Å². The zero-order valence-corrected chi connectivity index (χ0v) is 18.2. The van der Waals surface area contributed by atoms with Crippen LogP contribution in [0.2, 0.25) is 0 Å². The average Bonchev–Trinajstić information content (AvgIpc) is 3.14. The molecular weight excluding hydrogens is 423 g/mol. The molecule has 2 aromatic heterocycles. The molecule has 1 amide bonds. The lowest BCUT2D eigenvalue weighted by atomic mass is 10.0. The zero-order chi connectivity index (χ0) is 23.5. The second-order valence-electron chi connectivity index (χ2n) is 8.31. The van der Waals surface area contributed by atoms with Gasteiger partial charge in [0.1, 0.15) is 18.3 Å². The van der Waals surface area contributed by atoms with Crippen LogP contribution in [0, 0.1) is 5.92 Å². The largest absolute Gasteiger partial charge is 0.416 e. The van der Waals surface area contributed by atoms with Crippen LogP contribution >= 0.6 is 0 Å². The number of aromatic nitrogens is 4. The van der Waals surface area contributed by atoms with Crippen molar-refractivity contribution in [3.05, 3.63) is 52.7 Å². The number of rotatable bonds is 8. The molecule has 0 saturated carbocycles. The minimum absolute atomic E-state index is 0.0164. The third-order valence-electron chi connectivity index (χ3n) is 5.11. The SMILES string of the molecule is CC(C)CCCC(C)NC(=O)Cn1cnc2c(cnn2-c2cccc(C(F)(F)F)c2)c1=O. The molecule has 0 radical (unpaired) electrons. The quantitative estimate of drug-likeness (QED) is 0.565. The number of benzene rings is 1. The lowest BCUT2D eigenvalue weighted by molar-refractivity contribution is -0.137. The summed E-state index contributed by atoms with van der Waals surface area (Å²) >= 11 is 0. The lowest BCUT2D eigenvalue weighted by Gasteiger charge is -2.15. The third kappa shape index (κ3) is 5.54. The highest BCUT2D eigenvalue weighted by atomic mass is 19.4.